The van der Waals surface area contributed by atoms with Crippen LogP contribution in [-0.4, -0.2) is 23.2 Å². The Morgan fingerprint density at radius 2 is 2.33 bits per heavy atom. The van der Waals surface area contributed by atoms with Crippen molar-refractivity contribution in [2.45, 2.75) is 25.9 Å². The molecule has 5 heteroatoms. The van der Waals surface area contributed by atoms with Crippen LogP contribution in [0.5, 0.6) is 0 Å². The van der Waals surface area contributed by atoms with Crippen molar-refractivity contribution in [3.05, 3.63) is 21.9 Å². The molecule has 0 saturated heterocycles. The fourth-order valence-corrected chi connectivity index (χ4v) is 1.80. The summed E-state index contributed by atoms with van der Waals surface area (Å²) in [6.07, 6.45) is 0. The summed E-state index contributed by atoms with van der Waals surface area (Å²) in [6.45, 7) is 4.53. The van der Waals surface area contributed by atoms with E-state index in [0.717, 1.165) is 4.88 Å². The number of aliphatic hydroxyl groups excluding tert-OH is 1. The summed E-state index contributed by atoms with van der Waals surface area (Å²) in [4.78, 5) is 11.9. The van der Waals surface area contributed by atoms with Crippen LogP contribution < -0.4 is 11.1 Å². The molecule has 0 unspecified atom stereocenters. The molecule has 0 atom stereocenters. The van der Waals surface area contributed by atoms with E-state index in [1.807, 2.05) is 13.8 Å². The monoisotopic (exact) mass is 228 g/mol. The quantitative estimate of drug-likeness (QED) is 0.694. The minimum Gasteiger partial charge on any atom is -0.394 e. The van der Waals surface area contributed by atoms with Crippen molar-refractivity contribution in [1.82, 2.24) is 5.32 Å². The first-order valence-electron chi connectivity index (χ1n) is 4.68. The normalized spacial score (nSPS) is 11.7. The number of aliphatic hydroxyl groups is 1. The van der Waals surface area contributed by atoms with Gasteiger partial charge in [-0.3, -0.25) is 4.79 Å². The molecule has 0 saturated carbocycles. The highest BCUT2D eigenvalue weighted by Gasteiger charge is 2.15. The Morgan fingerprint density at radius 3 is 2.80 bits per heavy atom. The second-order valence-corrected chi connectivity index (χ2v) is 5.06. The molecule has 1 heterocycles. The largest absolute Gasteiger partial charge is 0.394 e. The van der Waals surface area contributed by atoms with Crippen molar-refractivity contribution in [2.75, 3.05) is 6.61 Å². The van der Waals surface area contributed by atoms with Crippen molar-refractivity contribution in [3.8, 4) is 0 Å². The lowest BCUT2D eigenvalue weighted by Crippen LogP contribution is -2.41. The third-order valence-electron chi connectivity index (χ3n) is 2.07. The fraction of sp³-hybridized carbons (Fsp3) is 0.500. The molecule has 15 heavy (non-hydrogen) atoms. The summed E-state index contributed by atoms with van der Waals surface area (Å²) in [6, 6.07) is 1.77. The van der Waals surface area contributed by atoms with E-state index in [4.69, 9.17) is 10.8 Å². The molecule has 0 radical (unpaired) electrons. The first-order valence-corrected chi connectivity index (χ1v) is 5.56. The number of rotatable bonds is 5. The Kier molecular flexibility index (Phi) is 3.84. The number of carbonyl (C=O) groups is 1. The summed E-state index contributed by atoms with van der Waals surface area (Å²) in [5.74, 6) is -0.404. The number of amides is 1. The van der Waals surface area contributed by atoms with Gasteiger partial charge in [0.25, 0.3) is 0 Å². The third kappa shape index (κ3) is 3.62. The number of thiophene rings is 1. The van der Waals surface area contributed by atoms with Crippen LogP contribution in [0.3, 0.4) is 0 Å². The summed E-state index contributed by atoms with van der Waals surface area (Å²) in [5, 5.41) is 14.0. The number of carbonyl (C=O) groups excluding carboxylic acids is 1. The Balaban J connectivity index is 2.55. The van der Waals surface area contributed by atoms with E-state index in [9.17, 15) is 4.79 Å². The number of hydrogen-bond donors (Lipinski definition) is 3. The van der Waals surface area contributed by atoms with Gasteiger partial charge >= 0.3 is 0 Å². The Bertz CT molecular complexity index is 347. The van der Waals surface area contributed by atoms with Gasteiger partial charge in [0.2, 0.25) is 5.91 Å². The van der Waals surface area contributed by atoms with Crippen LogP contribution in [-0.2, 0) is 6.54 Å². The Hall–Kier alpha value is -0.910. The maximum Gasteiger partial charge on any atom is 0.249 e. The summed E-state index contributed by atoms with van der Waals surface area (Å²) >= 11 is 1.48. The standard InChI is InChI=1S/C10H16N2O2S/c1-10(2,6-13)12-4-8-3-7(5-15-8)9(11)14/h3,5,12-13H,4,6H2,1-2H3,(H2,11,14). The SMILES string of the molecule is CC(C)(CO)NCc1cc(C(N)=O)cs1. The van der Waals surface area contributed by atoms with E-state index in [1.54, 1.807) is 11.4 Å². The highest BCUT2D eigenvalue weighted by molar-refractivity contribution is 7.10. The molecule has 4 N–H and O–H groups in total. The molecule has 1 rings (SSSR count). The lowest BCUT2D eigenvalue weighted by molar-refractivity contribution is 0.100. The van der Waals surface area contributed by atoms with E-state index < -0.39 is 5.91 Å². The van der Waals surface area contributed by atoms with Crippen LogP contribution >= 0.6 is 11.3 Å². The van der Waals surface area contributed by atoms with Crippen LogP contribution in [0, 0.1) is 0 Å². The molecule has 1 aromatic heterocycles. The fourth-order valence-electron chi connectivity index (χ4n) is 0.985. The molecule has 1 aromatic rings. The zero-order valence-corrected chi connectivity index (χ0v) is 9.73. The molecule has 0 aliphatic rings. The maximum absolute atomic E-state index is 10.8. The molecule has 4 nitrogen and oxygen atoms in total. The van der Waals surface area contributed by atoms with Crippen molar-refractivity contribution >= 4 is 17.2 Å². The second-order valence-electron chi connectivity index (χ2n) is 4.06. The summed E-state index contributed by atoms with van der Waals surface area (Å²) in [5.41, 5.74) is 5.37. The maximum atomic E-state index is 10.8. The first kappa shape index (κ1) is 12.2. The molecule has 0 aromatic carbocycles. The predicted molar refractivity (Wildman–Crippen MR) is 60.8 cm³/mol. The van der Waals surface area contributed by atoms with Crippen LogP contribution in [0.15, 0.2) is 11.4 Å². The van der Waals surface area contributed by atoms with E-state index in [0.29, 0.717) is 12.1 Å². The molecule has 0 bridgehead atoms. The zero-order valence-electron chi connectivity index (χ0n) is 8.91. The van der Waals surface area contributed by atoms with Crippen LogP contribution in [0.1, 0.15) is 29.1 Å². The van der Waals surface area contributed by atoms with Crippen molar-refractivity contribution in [2.24, 2.45) is 5.73 Å². The van der Waals surface area contributed by atoms with Gasteiger partial charge in [0.05, 0.1) is 12.2 Å². The van der Waals surface area contributed by atoms with Gasteiger partial charge in [-0.05, 0) is 19.9 Å². The van der Waals surface area contributed by atoms with Crippen molar-refractivity contribution in [3.63, 3.8) is 0 Å². The van der Waals surface area contributed by atoms with Gasteiger partial charge in [-0.1, -0.05) is 0 Å². The highest BCUT2D eigenvalue weighted by atomic mass is 32.1. The van der Waals surface area contributed by atoms with Crippen molar-refractivity contribution < 1.29 is 9.90 Å². The predicted octanol–water partition coefficient (Wildman–Crippen LogP) is 0.707. The van der Waals surface area contributed by atoms with E-state index in [1.165, 1.54) is 11.3 Å². The molecule has 1 amide bonds. The third-order valence-corrected chi connectivity index (χ3v) is 3.01. The smallest absolute Gasteiger partial charge is 0.249 e. The van der Waals surface area contributed by atoms with Gasteiger partial charge in [-0.2, -0.15) is 0 Å². The first-order chi connectivity index (χ1) is 6.94. The minimum atomic E-state index is -0.404. The molecular formula is C10H16N2O2S. The van der Waals surface area contributed by atoms with Gasteiger partial charge in [-0.25, -0.2) is 0 Å². The van der Waals surface area contributed by atoms with E-state index >= 15 is 0 Å². The van der Waals surface area contributed by atoms with Gasteiger partial charge in [-0.15, -0.1) is 11.3 Å². The van der Waals surface area contributed by atoms with Gasteiger partial charge in [0, 0.05) is 22.3 Å². The Morgan fingerprint density at radius 1 is 1.67 bits per heavy atom. The highest BCUT2D eigenvalue weighted by Crippen LogP contribution is 2.15. The molecule has 0 aliphatic carbocycles. The molecule has 0 aliphatic heterocycles. The minimum absolute atomic E-state index is 0.0705. The van der Waals surface area contributed by atoms with E-state index in [-0.39, 0.29) is 12.1 Å². The topological polar surface area (TPSA) is 75.3 Å². The lowest BCUT2D eigenvalue weighted by atomic mass is 10.1. The summed E-state index contributed by atoms with van der Waals surface area (Å²) < 4.78 is 0. The molecule has 84 valence electrons. The average Bonchev–Trinajstić information content (AvgIpc) is 2.63. The molecule has 0 spiro atoms. The van der Waals surface area contributed by atoms with Gasteiger partial charge in [0.15, 0.2) is 0 Å². The average molecular weight is 228 g/mol. The number of nitrogens with one attached hydrogen (secondary N) is 1. The number of hydrogen-bond acceptors (Lipinski definition) is 4. The summed E-state index contributed by atoms with van der Waals surface area (Å²) in [7, 11) is 0. The van der Waals surface area contributed by atoms with Crippen molar-refractivity contribution in [1.29, 1.82) is 0 Å². The number of nitrogens with two attached hydrogens (primary N) is 1. The van der Waals surface area contributed by atoms with Gasteiger partial charge in [0.1, 0.15) is 0 Å². The molecular weight excluding hydrogens is 212 g/mol. The Labute approximate surface area is 93.1 Å². The van der Waals surface area contributed by atoms with Crippen LogP contribution in [0.25, 0.3) is 0 Å². The zero-order chi connectivity index (χ0) is 11.5. The molecule has 0 fully saturated rings. The van der Waals surface area contributed by atoms with E-state index in [2.05, 4.69) is 5.32 Å². The van der Waals surface area contributed by atoms with Gasteiger partial charge < -0.3 is 16.2 Å². The van der Waals surface area contributed by atoms with Crippen LogP contribution in [0.2, 0.25) is 0 Å². The lowest BCUT2D eigenvalue weighted by Gasteiger charge is -2.22. The number of primary amides is 1. The second kappa shape index (κ2) is 4.74. The van der Waals surface area contributed by atoms with Crippen LogP contribution in [0.4, 0.5) is 0 Å².